The molecule has 1 amide bonds. The molecule has 0 bridgehead atoms. The SMILES string of the molecule is O=C(O)[C@H]1CN(C(=O)Cc2csc(-c3cccc(F)c3)n2)CCO1. The van der Waals surface area contributed by atoms with Gasteiger partial charge in [-0.2, -0.15) is 0 Å². The van der Waals surface area contributed by atoms with Crippen molar-refractivity contribution in [3.63, 3.8) is 0 Å². The van der Waals surface area contributed by atoms with E-state index in [4.69, 9.17) is 9.84 Å². The van der Waals surface area contributed by atoms with Gasteiger partial charge in [0.2, 0.25) is 5.91 Å². The Hall–Kier alpha value is -2.32. The van der Waals surface area contributed by atoms with Crippen LogP contribution in [0, 0.1) is 5.82 Å². The monoisotopic (exact) mass is 350 g/mol. The number of morpholine rings is 1. The van der Waals surface area contributed by atoms with Gasteiger partial charge in [0, 0.05) is 17.5 Å². The Morgan fingerprint density at radius 1 is 1.46 bits per heavy atom. The molecule has 126 valence electrons. The molecule has 6 nitrogen and oxygen atoms in total. The number of carbonyl (C=O) groups excluding carboxylic acids is 1. The third kappa shape index (κ3) is 3.77. The number of ether oxygens (including phenoxy) is 1. The molecule has 1 aliphatic heterocycles. The minimum Gasteiger partial charge on any atom is -0.479 e. The fraction of sp³-hybridized carbons (Fsp3) is 0.312. The highest BCUT2D eigenvalue weighted by atomic mass is 32.1. The van der Waals surface area contributed by atoms with Crippen LogP contribution in [-0.4, -0.2) is 52.7 Å². The zero-order valence-electron chi connectivity index (χ0n) is 12.6. The van der Waals surface area contributed by atoms with Crippen LogP contribution >= 0.6 is 11.3 Å². The Balaban J connectivity index is 1.66. The van der Waals surface area contributed by atoms with Crippen LogP contribution in [0.25, 0.3) is 10.6 Å². The van der Waals surface area contributed by atoms with Gasteiger partial charge < -0.3 is 14.7 Å². The van der Waals surface area contributed by atoms with Crippen LogP contribution in [0.2, 0.25) is 0 Å². The van der Waals surface area contributed by atoms with E-state index in [1.165, 1.54) is 28.4 Å². The number of carboxylic acids is 1. The van der Waals surface area contributed by atoms with Crippen LogP contribution in [0.3, 0.4) is 0 Å². The minimum absolute atomic E-state index is 0.0368. The number of carbonyl (C=O) groups is 2. The van der Waals surface area contributed by atoms with Crippen molar-refractivity contribution in [2.75, 3.05) is 19.7 Å². The third-order valence-electron chi connectivity index (χ3n) is 3.65. The number of hydrogen-bond acceptors (Lipinski definition) is 5. The molecule has 2 aromatic rings. The summed E-state index contributed by atoms with van der Waals surface area (Å²) in [7, 11) is 0. The van der Waals surface area contributed by atoms with Crippen LogP contribution < -0.4 is 0 Å². The summed E-state index contributed by atoms with van der Waals surface area (Å²) < 4.78 is 18.4. The number of aliphatic carboxylic acids is 1. The Morgan fingerprint density at radius 3 is 3.04 bits per heavy atom. The second-order valence-corrected chi connectivity index (χ2v) is 6.23. The Morgan fingerprint density at radius 2 is 2.29 bits per heavy atom. The summed E-state index contributed by atoms with van der Waals surface area (Å²) in [6.45, 7) is 0.604. The number of hydrogen-bond donors (Lipinski definition) is 1. The molecule has 1 atom stereocenters. The van der Waals surface area contributed by atoms with Crippen LogP contribution in [0.4, 0.5) is 4.39 Å². The summed E-state index contributed by atoms with van der Waals surface area (Å²) in [5, 5.41) is 11.4. The van der Waals surface area contributed by atoms with Crippen molar-refractivity contribution in [1.82, 2.24) is 9.88 Å². The first-order valence-electron chi connectivity index (χ1n) is 7.35. The van der Waals surface area contributed by atoms with Crippen LogP contribution in [0.15, 0.2) is 29.6 Å². The third-order valence-corrected chi connectivity index (χ3v) is 4.59. The lowest BCUT2D eigenvalue weighted by Crippen LogP contribution is -2.49. The van der Waals surface area contributed by atoms with E-state index in [2.05, 4.69) is 4.98 Å². The summed E-state index contributed by atoms with van der Waals surface area (Å²) in [6, 6.07) is 6.12. The van der Waals surface area contributed by atoms with E-state index in [9.17, 15) is 14.0 Å². The molecular weight excluding hydrogens is 335 g/mol. The number of nitrogens with zero attached hydrogens (tertiary/aromatic N) is 2. The van der Waals surface area contributed by atoms with Gasteiger partial charge >= 0.3 is 5.97 Å². The average Bonchev–Trinajstić information content (AvgIpc) is 3.03. The molecule has 1 aromatic heterocycles. The highest BCUT2D eigenvalue weighted by Gasteiger charge is 2.29. The zero-order valence-corrected chi connectivity index (χ0v) is 13.5. The number of benzene rings is 1. The number of thiazole rings is 1. The van der Waals surface area contributed by atoms with Gasteiger partial charge in [-0.05, 0) is 12.1 Å². The summed E-state index contributed by atoms with van der Waals surface area (Å²) in [4.78, 5) is 29.1. The van der Waals surface area contributed by atoms with E-state index < -0.39 is 12.1 Å². The van der Waals surface area contributed by atoms with E-state index in [0.29, 0.717) is 22.8 Å². The summed E-state index contributed by atoms with van der Waals surface area (Å²) >= 11 is 1.34. The van der Waals surface area contributed by atoms with Gasteiger partial charge in [0.25, 0.3) is 0 Å². The van der Waals surface area contributed by atoms with Gasteiger partial charge in [0.15, 0.2) is 6.10 Å². The van der Waals surface area contributed by atoms with Crippen molar-refractivity contribution in [3.8, 4) is 10.6 Å². The Labute approximate surface area is 141 Å². The lowest BCUT2D eigenvalue weighted by Gasteiger charge is -2.30. The maximum absolute atomic E-state index is 13.3. The maximum atomic E-state index is 13.3. The molecule has 0 radical (unpaired) electrons. The fourth-order valence-electron chi connectivity index (χ4n) is 2.43. The summed E-state index contributed by atoms with van der Waals surface area (Å²) in [5.74, 6) is -1.61. The number of halogens is 1. The molecule has 24 heavy (non-hydrogen) atoms. The largest absolute Gasteiger partial charge is 0.479 e. The van der Waals surface area contributed by atoms with Crippen molar-refractivity contribution < 1.29 is 23.8 Å². The first-order valence-corrected chi connectivity index (χ1v) is 8.23. The predicted molar refractivity (Wildman–Crippen MR) is 85.2 cm³/mol. The molecule has 2 heterocycles. The number of rotatable bonds is 4. The van der Waals surface area contributed by atoms with Crippen molar-refractivity contribution in [2.45, 2.75) is 12.5 Å². The minimum atomic E-state index is -1.07. The molecule has 1 fully saturated rings. The second-order valence-electron chi connectivity index (χ2n) is 5.37. The maximum Gasteiger partial charge on any atom is 0.334 e. The second kappa shape index (κ2) is 7.06. The van der Waals surface area contributed by atoms with E-state index in [1.54, 1.807) is 17.5 Å². The number of carboxylic acid groups (broad SMARTS) is 1. The molecule has 0 aliphatic carbocycles. The Kier molecular flexibility index (Phi) is 4.86. The summed E-state index contributed by atoms with van der Waals surface area (Å²) in [5.41, 5.74) is 1.25. The Bertz CT molecular complexity index is 764. The lowest BCUT2D eigenvalue weighted by molar-refractivity contribution is -0.159. The zero-order chi connectivity index (χ0) is 17.1. The predicted octanol–water partition coefficient (Wildman–Crippen LogP) is 1.80. The van der Waals surface area contributed by atoms with Gasteiger partial charge in [-0.1, -0.05) is 12.1 Å². The highest BCUT2D eigenvalue weighted by molar-refractivity contribution is 7.13. The van der Waals surface area contributed by atoms with Gasteiger partial charge in [-0.25, -0.2) is 14.2 Å². The average molecular weight is 350 g/mol. The van der Waals surface area contributed by atoms with Crippen LogP contribution in [0.1, 0.15) is 5.69 Å². The number of amides is 1. The van der Waals surface area contributed by atoms with Crippen LogP contribution in [-0.2, 0) is 20.7 Å². The van der Waals surface area contributed by atoms with Gasteiger partial charge in [-0.3, -0.25) is 4.79 Å². The van der Waals surface area contributed by atoms with E-state index in [-0.39, 0.29) is 31.3 Å². The van der Waals surface area contributed by atoms with E-state index >= 15 is 0 Å². The summed E-state index contributed by atoms with van der Waals surface area (Å²) in [6.07, 6.45) is -0.904. The smallest absolute Gasteiger partial charge is 0.334 e. The number of aromatic nitrogens is 1. The quantitative estimate of drug-likeness (QED) is 0.910. The van der Waals surface area contributed by atoms with E-state index in [1.807, 2.05) is 0 Å². The first-order chi connectivity index (χ1) is 11.5. The molecule has 1 N–H and O–H groups in total. The van der Waals surface area contributed by atoms with Crippen molar-refractivity contribution in [2.24, 2.45) is 0 Å². The van der Waals surface area contributed by atoms with Crippen molar-refractivity contribution >= 4 is 23.2 Å². The van der Waals surface area contributed by atoms with Crippen molar-refractivity contribution in [1.29, 1.82) is 0 Å². The highest BCUT2D eigenvalue weighted by Crippen LogP contribution is 2.24. The molecule has 0 saturated carbocycles. The van der Waals surface area contributed by atoms with Gasteiger partial charge in [0.05, 0.1) is 25.3 Å². The van der Waals surface area contributed by atoms with Crippen molar-refractivity contribution in [3.05, 3.63) is 41.2 Å². The molecule has 0 unspecified atom stereocenters. The molecule has 3 rings (SSSR count). The molecular formula is C16H15FN2O4S. The lowest BCUT2D eigenvalue weighted by atomic mass is 10.2. The molecule has 1 aromatic carbocycles. The molecule has 0 spiro atoms. The topological polar surface area (TPSA) is 79.7 Å². The normalized spacial score (nSPS) is 17.7. The fourth-order valence-corrected chi connectivity index (χ4v) is 3.25. The van der Waals surface area contributed by atoms with Gasteiger partial charge in [-0.15, -0.1) is 11.3 Å². The van der Waals surface area contributed by atoms with Crippen LogP contribution in [0.5, 0.6) is 0 Å². The molecule has 1 saturated heterocycles. The van der Waals surface area contributed by atoms with E-state index in [0.717, 1.165) is 0 Å². The van der Waals surface area contributed by atoms with Gasteiger partial charge in [0.1, 0.15) is 10.8 Å². The molecule has 8 heteroatoms. The molecule has 1 aliphatic rings. The standard InChI is InChI=1S/C16H15FN2O4S/c17-11-3-1-2-10(6-11)15-18-12(9-24-15)7-14(20)19-4-5-23-13(8-19)16(21)22/h1-3,6,9,13H,4-5,7-8H2,(H,21,22)/t13-/m1/s1. The first kappa shape index (κ1) is 16.5.